The number of rotatable bonds is 3. The summed E-state index contributed by atoms with van der Waals surface area (Å²) in [5.41, 5.74) is 1.12. The molecule has 0 aliphatic carbocycles. The van der Waals surface area contributed by atoms with Crippen LogP contribution in [0.1, 0.15) is 24.9 Å². The summed E-state index contributed by atoms with van der Waals surface area (Å²) in [5, 5.41) is 1.86. The normalized spacial score (nSPS) is 38.5. The molecule has 0 saturated carbocycles. The minimum Gasteiger partial charge on any atom is -0.328 e. The minimum absolute atomic E-state index is 0.0279. The lowest BCUT2D eigenvalue weighted by atomic mass is 10.0. The molecule has 0 spiro atoms. The summed E-state index contributed by atoms with van der Waals surface area (Å²) in [6.45, 7) is 2.41. The molecule has 0 N–H and O–H groups in total. The molecule has 104 valence electrons. The second-order valence-electron chi connectivity index (χ2n) is 5.19. The van der Waals surface area contributed by atoms with Crippen molar-refractivity contribution in [2.24, 2.45) is 0 Å². The maximum atomic E-state index is 13.0. The van der Waals surface area contributed by atoms with E-state index in [-0.39, 0.29) is 17.8 Å². The molecule has 1 aromatic carbocycles. The fourth-order valence-corrected chi connectivity index (χ4v) is 6.49. The molecule has 1 unspecified atom stereocenters. The summed E-state index contributed by atoms with van der Waals surface area (Å²) in [4.78, 5) is 5.88. The summed E-state index contributed by atoms with van der Waals surface area (Å²) in [7, 11) is -0.677. The van der Waals surface area contributed by atoms with Crippen molar-refractivity contribution in [3.8, 4) is 0 Å². The first-order valence-corrected chi connectivity index (χ1v) is 8.71. The van der Waals surface area contributed by atoms with Gasteiger partial charge < -0.3 is 4.52 Å². The van der Waals surface area contributed by atoms with Crippen molar-refractivity contribution in [2.75, 3.05) is 19.8 Å². The lowest BCUT2D eigenvalue weighted by Gasteiger charge is -2.26. The van der Waals surface area contributed by atoms with Gasteiger partial charge in [-0.15, -0.1) is 0 Å². The molecule has 0 amide bonds. The molecule has 2 saturated heterocycles. The van der Waals surface area contributed by atoms with Gasteiger partial charge in [-0.3, -0.25) is 9.40 Å². The van der Waals surface area contributed by atoms with Gasteiger partial charge in [0.05, 0.1) is 24.4 Å². The first-order chi connectivity index (χ1) is 9.15. The summed E-state index contributed by atoms with van der Waals surface area (Å²) in [6, 6.07) is 10.2. The van der Waals surface area contributed by atoms with Gasteiger partial charge in [0, 0.05) is 13.2 Å². The molecule has 2 aliphatic heterocycles. The highest BCUT2D eigenvalue weighted by atomic mass is 31.2. The molecule has 0 bridgehead atoms. The van der Waals surface area contributed by atoms with Crippen molar-refractivity contribution in [1.29, 1.82) is 0 Å². The van der Waals surface area contributed by atoms with E-state index >= 15 is 0 Å². The smallest absolute Gasteiger partial charge is 0.210 e. The molecule has 0 aromatic heterocycles. The van der Waals surface area contributed by atoms with Gasteiger partial charge in [0.25, 0.3) is 0 Å². The van der Waals surface area contributed by atoms with Gasteiger partial charge >= 0.3 is 0 Å². The fourth-order valence-electron chi connectivity index (χ4n) is 3.33. The van der Waals surface area contributed by atoms with Gasteiger partial charge in [0.1, 0.15) is 0 Å². The summed E-state index contributed by atoms with van der Waals surface area (Å²) in [6.07, 6.45) is 1.51. The van der Waals surface area contributed by atoms with E-state index in [9.17, 15) is 4.57 Å². The van der Waals surface area contributed by atoms with Crippen molar-refractivity contribution >= 4 is 7.37 Å². The maximum Gasteiger partial charge on any atom is 0.210 e. The predicted octanol–water partition coefficient (Wildman–Crippen LogP) is 3.06. The monoisotopic (exact) mass is 281 g/mol. The Morgan fingerprint density at radius 1 is 1.42 bits per heavy atom. The molecule has 4 nitrogen and oxygen atoms in total. The van der Waals surface area contributed by atoms with E-state index in [0.29, 0.717) is 12.8 Å². The molecule has 5 heteroatoms. The summed E-state index contributed by atoms with van der Waals surface area (Å²) < 4.78 is 18.7. The van der Waals surface area contributed by atoms with Crippen LogP contribution in [-0.2, 0) is 13.9 Å². The molecule has 1 aromatic rings. The topological polar surface area (TPSA) is 38.8 Å². The van der Waals surface area contributed by atoms with Crippen LogP contribution in [0.5, 0.6) is 0 Å². The van der Waals surface area contributed by atoms with Crippen LogP contribution in [0.4, 0.5) is 0 Å². The molecule has 19 heavy (non-hydrogen) atoms. The molecule has 3 rings (SSSR count). The van der Waals surface area contributed by atoms with Crippen LogP contribution in [0.15, 0.2) is 30.3 Å². The van der Waals surface area contributed by atoms with Gasteiger partial charge in [-0.2, -0.15) is 5.06 Å². The van der Waals surface area contributed by atoms with Gasteiger partial charge in [-0.25, -0.2) is 0 Å². The zero-order chi connectivity index (χ0) is 13.5. The third-order valence-corrected chi connectivity index (χ3v) is 7.17. The highest BCUT2D eigenvalue weighted by Crippen LogP contribution is 2.66. The predicted molar refractivity (Wildman–Crippen MR) is 74.3 cm³/mol. The van der Waals surface area contributed by atoms with Crippen LogP contribution in [0, 0.1) is 0 Å². The SMILES string of the molecule is CCOP1(=O)CC[C@@H]2ON(C)[C@@H](c3ccccc3)[C@@H]21. The Hall–Kier alpha value is -0.670. The van der Waals surface area contributed by atoms with E-state index in [1.54, 1.807) is 0 Å². The average molecular weight is 281 g/mol. The van der Waals surface area contributed by atoms with Crippen LogP contribution in [0.2, 0.25) is 0 Å². The van der Waals surface area contributed by atoms with Gasteiger partial charge in [-0.05, 0) is 18.9 Å². The van der Waals surface area contributed by atoms with Crippen LogP contribution in [0.3, 0.4) is 0 Å². The van der Waals surface area contributed by atoms with Crippen molar-refractivity contribution in [1.82, 2.24) is 5.06 Å². The highest BCUT2D eigenvalue weighted by Gasteiger charge is 2.57. The first-order valence-electron chi connectivity index (χ1n) is 6.83. The lowest BCUT2D eigenvalue weighted by Crippen LogP contribution is -2.24. The summed E-state index contributed by atoms with van der Waals surface area (Å²) in [5.74, 6) is 0. The second kappa shape index (κ2) is 5.02. The largest absolute Gasteiger partial charge is 0.328 e. The third kappa shape index (κ3) is 2.17. The van der Waals surface area contributed by atoms with Crippen molar-refractivity contribution in [3.63, 3.8) is 0 Å². The van der Waals surface area contributed by atoms with Crippen molar-refractivity contribution in [3.05, 3.63) is 35.9 Å². The van der Waals surface area contributed by atoms with E-state index < -0.39 is 7.37 Å². The molecule has 2 aliphatic rings. The zero-order valence-corrected chi connectivity index (χ0v) is 12.3. The maximum absolute atomic E-state index is 13.0. The number of hydrogen-bond acceptors (Lipinski definition) is 4. The summed E-state index contributed by atoms with van der Waals surface area (Å²) >= 11 is 0. The Balaban J connectivity index is 1.97. The van der Waals surface area contributed by atoms with E-state index in [4.69, 9.17) is 9.36 Å². The standard InChI is InChI=1S/C14H20NO3P/c1-3-17-19(16)10-9-12-14(19)13(15(2)18-12)11-7-5-4-6-8-11/h4-8,12-14H,3,9-10H2,1-2H3/t12-,13-,14+,19?/m0/s1. The number of hydrogen-bond donors (Lipinski definition) is 0. The molecule has 2 fully saturated rings. The Bertz CT molecular complexity index is 487. The Kier molecular flexibility index (Phi) is 3.52. The van der Waals surface area contributed by atoms with Gasteiger partial charge in [-0.1, -0.05) is 30.3 Å². The van der Waals surface area contributed by atoms with Crippen LogP contribution in [-0.4, -0.2) is 36.6 Å². The van der Waals surface area contributed by atoms with E-state index in [1.807, 2.05) is 37.2 Å². The van der Waals surface area contributed by atoms with Crippen molar-refractivity contribution < 1.29 is 13.9 Å². The molecule has 4 atom stereocenters. The molecule has 0 radical (unpaired) electrons. The number of benzene rings is 1. The zero-order valence-electron chi connectivity index (χ0n) is 11.4. The van der Waals surface area contributed by atoms with Gasteiger partial charge in [0.15, 0.2) is 0 Å². The lowest BCUT2D eigenvalue weighted by molar-refractivity contribution is -0.143. The number of fused-ring (bicyclic) bond motifs is 1. The van der Waals surface area contributed by atoms with E-state index in [1.165, 1.54) is 0 Å². The van der Waals surface area contributed by atoms with Crippen molar-refractivity contribution in [2.45, 2.75) is 31.1 Å². The van der Waals surface area contributed by atoms with Gasteiger partial charge in [0.2, 0.25) is 7.37 Å². The van der Waals surface area contributed by atoms with Crippen LogP contribution >= 0.6 is 7.37 Å². The third-order valence-electron chi connectivity index (χ3n) is 4.07. The Morgan fingerprint density at radius 2 is 2.16 bits per heavy atom. The quantitative estimate of drug-likeness (QED) is 0.798. The second-order valence-corrected chi connectivity index (χ2v) is 7.95. The fraction of sp³-hybridized carbons (Fsp3) is 0.571. The molecule has 2 heterocycles. The molecular weight excluding hydrogens is 261 g/mol. The average Bonchev–Trinajstić information content (AvgIpc) is 2.89. The van der Waals surface area contributed by atoms with E-state index in [0.717, 1.165) is 12.0 Å². The Labute approximate surface area is 114 Å². The minimum atomic E-state index is -2.60. The highest BCUT2D eigenvalue weighted by molar-refractivity contribution is 7.60. The number of hydroxylamine groups is 2. The van der Waals surface area contributed by atoms with E-state index in [2.05, 4.69) is 12.1 Å². The Morgan fingerprint density at radius 3 is 2.84 bits per heavy atom. The van der Waals surface area contributed by atoms with Crippen LogP contribution < -0.4 is 0 Å². The number of nitrogens with zero attached hydrogens (tertiary/aromatic N) is 1. The van der Waals surface area contributed by atoms with Crippen LogP contribution in [0.25, 0.3) is 0 Å². The molecular formula is C14H20NO3P. The first kappa shape index (κ1) is 13.3.